The second-order valence-electron chi connectivity index (χ2n) is 4.39. The zero-order chi connectivity index (χ0) is 13.8. The average Bonchev–Trinajstić information content (AvgIpc) is 3.22. The van der Waals surface area contributed by atoms with Gasteiger partial charge in [-0.1, -0.05) is 0 Å². The van der Waals surface area contributed by atoms with Gasteiger partial charge in [0.05, 0.1) is 5.56 Å². The van der Waals surface area contributed by atoms with Crippen molar-refractivity contribution in [1.82, 2.24) is 10.3 Å². The van der Waals surface area contributed by atoms with Crippen molar-refractivity contribution >= 4 is 23.6 Å². The van der Waals surface area contributed by atoms with Gasteiger partial charge in [-0.2, -0.15) is 0 Å². The molecule has 0 bridgehead atoms. The molecule has 6 heteroatoms. The van der Waals surface area contributed by atoms with Crippen molar-refractivity contribution in [1.29, 1.82) is 0 Å². The number of carbonyl (C=O) groups is 2. The van der Waals surface area contributed by atoms with E-state index in [2.05, 4.69) is 10.3 Å². The van der Waals surface area contributed by atoms with Crippen LogP contribution in [0.15, 0.2) is 23.4 Å². The van der Waals surface area contributed by atoms with Crippen molar-refractivity contribution in [2.24, 2.45) is 0 Å². The van der Waals surface area contributed by atoms with Crippen LogP contribution in [-0.4, -0.2) is 35.3 Å². The molecule has 2 rings (SSSR count). The van der Waals surface area contributed by atoms with E-state index in [0.29, 0.717) is 10.6 Å². The molecule has 19 heavy (non-hydrogen) atoms. The lowest BCUT2D eigenvalue weighted by Gasteiger charge is -2.13. The number of aromatic nitrogens is 1. The second-order valence-corrected chi connectivity index (χ2v) is 5.19. The summed E-state index contributed by atoms with van der Waals surface area (Å²) in [6, 6.07) is 3.58. The first-order chi connectivity index (χ1) is 9.11. The molecule has 1 aliphatic carbocycles. The fraction of sp³-hybridized carbons (Fsp3) is 0.462. The minimum atomic E-state index is -0.789. The first-order valence-corrected chi connectivity index (χ1v) is 7.34. The Morgan fingerprint density at radius 1 is 1.53 bits per heavy atom. The zero-order valence-electron chi connectivity index (χ0n) is 10.9. The Morgan fingerprint density at radius 3 is 2.89 bits per heavy atom. The number of esters is 1. The van der Waals surface area contributed by atoms with Gasteiger partial charge in [0, 0.05) is 12.2 Å². The molecule has 1 atom stereocenters. The lowest BCUT2D eigenvalue weighted by molar-refractivity contribution is -0.129. The number of ether oxygens (including phenoxy) is 1. The van der Waals surface area contributed by atoms with Crippen molar-refractivity contribution in [3.63, 3.8) is 0 Å². The highest BCUT2D eigenvalue weighted by Crippen LogP contribution is 2.20. The molecule has 0 spiro atoms. The average molecular weight is 280 g/mol. The number of hydrogen-bond acceptors (Lipinski definition) is 5. The quantitative estimate of drug-likeness (QED) is 0.656. The van der Waals surface area contributed by atoms with Crippen LogP contribution in [0.1, 0.15) is 30.1 Å². The van der Waals surface area contributed by atoms with E-state index in [-0.39, 0.29) is 11.9 Å². The van der Waals surface area contributed by atoms with E-state index < -0.39 is 12.1 Å². The predicted molar refractivity (Wildman–Crippen MR) is 72.1 cm³/mol. The summed E-state index contributed by atoms with van der Waals surface area (Å²) in [6.07, 6.45) is 4.67. The highest BCUT2D eigenvalue weighted by atomic mass is 32.2. The van der Waals surface area contributed by atoms with E-state index in [9.17, 15) is 9.59 Å². The lowest BCUT2D eigenvalue weighted by atomic mass is 10.3. The molecule has 1 amide bonds. The Labute approximate surface area is 116 Å². The Morgan fingerprint density at radius 2 is 2.26 bits per heavy atom. The maximum atomic E-state index is 12.0. The molecule has 1 heterocycles. The first-order valence-electron chi connectivity index (χ1n) is 6.12. The minimum absolute atomic E-state index is 0.245. The van der Waals surface area contributed by atoms with Gasteiger partial charge >= 0.3 is 5.97 Å². The molecule has 1 fully saturated rings. The molecule has 0 saturated heterocycles. The molecule has 1 saturated carbocycles. The number of amides is 1. The highest BCUT2D eigenvalue weighted by molar-refractivity contribution is 7.98. The van der Waals surface area contributed by atoms with Gasteiger partial charge in [-0.05, 0) is 38.2 Å². The van der Waals surface area contributed by atoms with Crippen LogP contribution in [-0.2, 0) is 9.53 Å². The largest absolute Gasteiger partial charge is 0.449 e. The minimum Gasteiger partial charge on any atom is -0.449 e. The van der Waals surface area contributed by atoms with E-state index >= 15 is 0 Å². The number of nitrogens with one attached hydrogen (secondary N) is 1. The number of carbonyl (C=O) groups excluding carboxylic acids is 2. The SMILES string of the molecule is CSc1ncccc1C(=O)O[C@@H](C)C(=O)NC1CC1. The van der Waals surface area contributed by atoms with Gasteiger partial charge in [0.25, 0.3) is 5.91 Å². The first kappa shape index (κ1) is 13.9. The van der Waals surface area contributed by atoms with E-state index in [1.807, 2.05) is 6.26 Å². The molecule has 5 nitrogen and oxygen atoms in total. The summed E-state index contributed by atoms with van der Waals surface area (Å²) in [4.78, 5) is 27.8. The van der Waals surface area contributed by atoms with Gasteiger partial charge in [0.1, 0.15) is 5.03 Å². The van der Waals surface area contributed by atoms with Gasteiger partial charge < -0.3 is 10.1 Å². The zero-order valence-corrected chi connectivity index (χ0v) is 11.7. The Bertz CT molecular complexity index is 489. The van der Waals surface area contributed by atoms with Gasteiger partial charge in [0.15, 0.2) is 6.10 Å². The second kappa shape index (κ2) is 6.06. The number of pyridine rings is 1. The normalized spacial score (nSPS) is 15.7. The molecule has 1 aromatic rings. The number of hydrogen-bond donors (Lipinski definition) is 1. The summed E-state index contributed by atoms with van der Waals surface area (Å²) < 4.78 is 5.17. The number of thioether (sulfide) groups is 1. The number of nitrogens with zero attached hydrogens (tertiary/aromatic N) is 1. The Hall–Kier alpha value is -1.56. The summed E-state index contributed by atoms with van der Waals surface area (Å²) in [6.45, 7) is 1.57. The van der Waals surface area contributed by atoms with Crippen LogP contribution in [0.5, 0.6) is 0 Å². The van der Waals surface area contributed by atoms with Crippen LogP contribution in [0.4, 0.5) is 0 Å². The fourth-order valence-corrected chi connectivity index (χ4v) is 2.07. The molecule has 1 N–H and O–H groups in total. The van der Waals surface area contributed by atoms with Gasteiger partial charge in [-0.25, -0.2) is 9.78 Å². The molecular formula is C13H16N2O3S. The summed E-state index contributed by atoms with van der Waals surface area (Å²) in [7, 11) is 0. The maximum Gasteiger partial charge on any atom is 0.341 e. The van der Waals surface area contributed by atoms with Gasteiger partial charge in [0.2, 0.25) is 0 Å². The van der Waals surface area contributed by atoms with Crippen molar-refractivity contribution in [3.8, 4) is 0 Å². The molecule has 0 aliphatic heterocycles. The standard InChI is InChI=1S/C13H16N2O3S/c1-8(11(16)15-9-5-6-9)18-13(17)10-4-3-7-14-12(10)19-2/h3-4,7-9H,5-6H2,1-2H3,(H,15,16)/t8-/m0/s1. The van der Waals surface area contributed by atoms with E-state index in [0.717, 1.165) is 12.8 Å². The van der Waals surface area contributed by atoms with E-state index in [4.69, 9.17) is 4.74 Å². The molecule has 0 radical (unpaired) electrons. The highest BCUT2D eigenvalue weighted by Gasteiger charge is 2.27. The van der Waals surface area contributed by atoms with Crippen LogP contribution in [0, 0.1) is 0 Å². The Kier molecular flexibility index (Phi) is 4.42. The third-order valence-electron chi connectivity index (χ3n) is 2.76. The predicted octanol–water partition coefficient (Wildman–Crippen LogP) is 1.63. The summed E-state index contributed by atoms with van der Waals surface area (Å²) >= 11 is 1.37. The third-order valence-corrected chi connectivity index (χ3v) is 3.47. The monoisotopic (exact) mass is 280 g/mol. The summed E-state index contributed by atoms with van der Waals surface area (Å²) in [5.41, 5.74) is 0.390. The van der Waals surface area contributed by atoms with E-state index in [1.54, 1.807) is 25.3 Å². The van der Waals surface area contributed by atoms with Crippen LogP contribution >= 0.6 is 11.8 Å². The molecule has 1 aliphatic rings. The van der Waals surface area contributed by atoms with Crippen LogP contribution in [0.25, 0.3) is 0 Å². The Balaban J connectivity index is 1.97. The van der Waals surface area contributed by atoms with Crippen molar-refractivity contribution in [2.75, 3.05) is 6.26 Å². The van der Waals surface area contributed by atoms with Crippen LogP contribution in [0.2, 0.25) is 0 Å². The van der Waals surface area contributed by atoms with Crippen LogP contribution in [0.3, 0.4) is 0 Å². The molecule has 0 aromatic carbocycles. The van der Waals surface area contributed by atoms with Crippen molar-refractivity contribution in [3.05, 3.63) is 23.9 Å². The third kappa shape index (κ3) is 3.70. The number of rotatable bonds is 5. The molecule has 1 aromatic heterocycles. The smallest absolute Gasteiger partial charge is 0.341 e. The van der Waals surface area contributed by atoms with Crippen molar-refractivity contribution < 1.29 is 14.3 Å². The van der Waals surface area contributed by atoms with Gasteiger partial charge in [-0.3, -0.25) is 4.79 Å². The summed E-state index contributed by atoms with van der Waals surface area (Å²) in [5, 5.41) is 3.40. The molecule has 0 unspecified atom stereocenters. The molecule has 102 valence electrons. The van der Waals surface area contributed by atoms with Gasteiger partial charge in [-0.15, -0.1) is 11.8 Å². The summed E-state index contributed by atoms with van der Waals surface area (Å²) in [5.74, 6) is -0.763. The fourth-order valence-electron chi connectivity index (χ4n) is 1.53. The van der Waals surface area contributed by atoms with Crippen LogP contribution < -0.4 is 5.32 Å². The lowest BCUT2D eigenvalue weighted by Crippen LogP contribution is -2.37. The molecular weight excluding hydrogens is 264 g/mol. The topological polar surface area (TPSA) is 68.3 Å². The van der Waals surface area contributed by atoms with Crippen molar-refractivity contribution in [2.45, 2.75) is 36.9 Å². The maximum absolute atomic E-state index is 12.0. The van der Waals surface area contributed by atoms with E-state index in [1.165, 1.54) is 11.8 Å².